The Kier molecular flexibility index (Phi) is 4.06. The van der Waals surface area contributed by atoms with Crippen LogP contribution in [0.1, 0.15) is 31.2 Å². The van der Waals surface area contributed by atoms with Gasteiger partial charge in [-0.15, -0.1) is 0 Å². The largest absolute Gasteiger partial charge is 0.468 e. The van der Waals surface area contributed by atoms with Gasteiger partial charge in [-0.1, -0.05) is 30.3 Å². The molecular formula is C17H21NO3. The number of esters is 1. The van der Waals surface area contributed by atoms with Gasteiger partial charge >= 0.3 is 5.97 Å². The lowest BCUT2D eigenvalue weighted by Crippen LogP contribution is -2.43. The third kappa shape index (κ3) is 2.86. The Hall–Kier alpha value is -1.68. The monoisotopic (exact) mass is 287 g/mol. The molecule has 4 nitrogen and oxygen atoms in total. The fraction of sp³-hybridized carbons (Fsp3) is 0.529. The number of carbonyl (C=O) groups is 2. The van der Waals surface area contributed by atoms with Gasteiger partial charge in [0.15, 0.2) is 0 Å². The fourth-order valence-corrected chi connectivity index (χ4v) is 3.75. The molecule has 1 aromatic rings. The average Bonchev–Trinajstić information content (AvgIpc) is 2.86. The maximum Gasteiger partial charge on any atom is 0.323 e. The van der Waals surface area contributed by atoms with Crippen molar-refractivity contribution in [2.24, 2.45) is 5.92 Å². The summed E-state index contributed by atoms with van der Waals surface area (Å²) < 4.78 is 4.97. The number of benzene rings is 1. The molecule has 3 rings (SSSR count). The van der Waals surface area contributed by atoms with Gasteiger partial charge in [-0.2, -0.15) is 0 Å². The molecule has 0 amide bonds. The Labute approximate surface area is 125 Å². The first-order valence-electron chi connectivity index (χ1n) is 7.58. The summed E-state index contributed by atoms with van der Waals surface area (Å²) in [5, 5.41) is 0. The third-order valence-corrected chi connectivity index (χ3v) is 4.81. The van der Waals surface area contributed by atoms with E-state index < -0.39 is 0 Å². The molecule has 0 aromatic heterocycles. The van der Waals surface area contributed by atoms with Crippen molar-refractivity contribution < 1.29 is 14.3 Å². The topological polar surface area (TPSA) is 46.6 Å². The second kappa shape index (κ2) is 5.98. The molecule has 0 N–H and O–H groups in total. The van der Waals surface area contributed by atoms with Gasteiger partial charge in [-0.25, -0.2) is 0 Å². The molecule has 4 heteroatoms. The highest BCUT2D eigenvalue weighted by Crippen LogP contribution is 2.39. The maximum atomic E-state index is 12.1. The van der Waals surface area contributed by atoms with Crippen molar-refractivity contribution in [3.63, 3.8) is 0 Å². The highest BCUT2D eigenvalue weighted by atomic mass is 16.5. The second-order valence-corrected chi connectivity index (χ2v) is 6.04. The van der Waals surface area contributed by atoms with Crippen molar-refractivity contribution in [2.75, 3.05) is 7.11 Å². The highest BCUT2D eigenvalue weighted by molar-refractivity contribution is 5.81. The predicted octanol–water partition coefficient (Wildman–Crippen LogP) is 2.17. The van der Waals surface area contributed by atoms with Gasteiger partial charge in [-0.05, 0) is 24.3 Å². The number of hydrogen-bond acceptors (Lipinski definition) is 4. The van der Waals surface area contributed by atoms with Gasteiger partial charge < -0.3 is 4.74 Å². The van der Waals surface area contributed by atoms with Crippen LogP contribution in [-0.2, 0) is 20.9 Å². The van der Waals surface area contributed by atoms with Crippen LogP contribution in [-0.4, -0.2) is 35.8 Å². The number of nitrogens with zero attached hydrogens (tertiary/aromatic N) is 1. The first kappa shape index (κ1) is 14.3. The lowest BCUT2D eigenvalue weighted by atomic mass is 9.84. The van der Waals surface area contributed by atoms with Gasteiger partial charge in [0, 0.05) is 25.4 Å². The molecule has 0 radical (unpaired) electrons. The average molecular weight is 287 g/mol. The molecule has 1 saturated carbocycles. The smallest absolute Gasteiger partial charge is 0.323 e. The molecule has 1 aromatic carbocycles. The van der Waals surface area contributed by atoms with Crippen molar-refractivity contribution in [1.29, 1.82) is 0 Å². The summed E-state index contributed by atoms with van der Waals surface area (Å²) in [5.41, 5.74) is 1.17. The molecule has 0 unspecified atom stereocenters. The van der Waals surface area contributed by atoms with Crippen LogP contribution < -0.4 is 0 Å². The lowest BCUT2D eigenvalue weighted by molar-refractivity contribution is -0.147. The fourth-order valence-electron chi connectivity index (χ4n) is 3.75. The number of ether oxygens (including phenoxy) is 1. The molecule has 1 heterocycles. The minimum absolute atomic E-state index is 0.173. The van der Waals surface area contributed by atoms with Gasteiger partial charge in [-0.3, -0.25) is 14.5 Å². The van der Waals surface area contributed by atoms with E-state index in [0.29, 0.717) is 31.1 Å². The van der Waals surface area contributed by atoms with Crippen LogP contribution in [0, 0.1) is 5.92 Å². The van der Waals surface area contributed by atoms with E-state index in [0.717, 1.165) is 12.8 Å². The molecular weight excluding hydrogens is 266 g/mol. The number of ketones is 1. The van der Waals surface area contributed by atoms with Gasteiger partial charge in [0.05, 0.1) is 7.11 Å². The highest BCUT2D eigenvalue weighted by Gasteiger charge is 2.47. The van der Waals surface area contributed by atoms with Crippen LogP contribution in [0.4, 0.5) is 0 Å². The molecule has 2 aliphatic rings. The molecule has 1 saturated heterocycles. The summed E-state index contributed by atoms with van der Waals surface area (Å²) in [4.78, 5) is 26.1. The van der Waals surface area contributed by atoms with Crippen molar-refractivity contribution in [2.45, 2.75) is 44.3 Å². The van der Waals surface area contributed by atoms with Crippen LogP contribution in [0.5, 0.6) is 0 Å². The quantitative estimate of drug-likeness (QED) is 0.799. The SMILES string of the molecule is COC(=O)[C@@H]1C[C@@H]2CCC(=O)C[C@@H]2N1Cc1ccccc1. The number of methoxy groups -OCH3 is 1. The molecule has 3 atom stereocenters. The molecule has 2 fully saturated rings. The van der Waals surface area contributed by atoms with E-state index in [2.05, 4.69) is 17.0 Å². The number of likely N-dealkylation sites (tertiary alicyclic amines) is 1. The molecule has 112 valence electrons. The Bertz CT molecular complexity index is 528. The first-order chi connectivity index (χ1) is 10.2. The number of fused-ring (bicyclic) bond motifs is 1. The summed E-state index contributed by atoms with van der Waals surface area (Å²) in [5.74, 6) is 0.586. The summed E-state index contributed by atoms with van der Waals surface area (Å²) in [6.07, 6.45) is 2.96. The number of Topliss-reactive ketones (excluding diaryl/α,β-unsaturated/α-hetero) is 1. The van der Waals surface area contributed by atoms with Crippen LogP contribution in [0.15, 0.2) is 30.3 Å². The van der Waals surface area contributed by atoms with E-state index in [-0.39, 0.29) is 18.1 Å². The zero-order valence-corrected chi connectivity index (χ0v) is 12.3. The molecule has 21 heavy (non-hydrogen) atoms. The first-order valence-corrected chi connectivity index (χ1v) is 7.58. The van der Waals surface area contributed by atoms with Crippen molar-refractivity contribution >= 4 is 11.8 Å². The van der Waals surface area contributed by atoms with E-state index in [1.165, 1.54) is 12.7 Å². The third-order valence-electron chi connectivity index (χ3n) is 4.81. The Balaban J connectivity index is 1.84. The maximum absolute atomic E-state index is 12.1. The lowest BCUT2D eigenvalue weighted by Gasteiger charge is -2.32. The van der Waals surface area contributed by atoms with Crippen molar-refractivity contribution in [3.05, 3.63) is 35.9 Å². The Morgan fingerprint density at radius 3 is 2.81 bits per heavy atom. The standard InChI is InChI=1S/C17H21NO3/c1-21-17(20)16-9-13-7-8-14(19)10-15(13)18(16)11-12-5-3-2-4-6-12/h2-6,13,15-16H,7-11H2,1H3/t13-,15-,16-/m0/s1. The van der Waals surface area contributed by atoms with Crippen LogP contribution in [0.2, 0.25) is 0 Å². The Morgan fingerprint density at radius 1 is 1.33 bits per heavy atom. The zero-order valence-electron chi connectivity index (χ0n) is 12.3. The van der Waals surface area contributed by atoms with Crippen LogP contribution in [0.25, 0.3) is 0 Å². The number of rotatable bonds is 3. The predicted molar refractivity (Wildman–Crippen MR) is 78.5 cm³/mol. The van der Waals surface area contributed by atoms with E-state index in [9.17, 15) is 9.59 Å². The normalized spacial score (nSPS) is 29.2. The number of carbonyl (C=O) groups excluding carboxylic acids is 2. The minimum atomic E-state index is -0.212. The molecule has 0 bridgehead atoms. The van der Waals surface area contributed by atoms with Crippen molar-refractivity contribution in [3.8, 4) is 0 Å². The Morgan fingerprint density at radius 2 is 2.10 bits per heavy atom. The summed E-state index contributed by atoms with van der Waals surface area (Å²) in [6, 6.07) is 10.1. The summed E-state index contributed by atoms with van der Waals surface area (Å²) in [7, 11) is 1.44. The molecule has 1 aliphatic heterocycles. The van der Waals surface area contributed by atoms with Gasteiger partial charge in [0.1, 0.15) is 11.8 Å². The van der Waals surface area contributed by atoms with Gasteiger partial charge in [0.2, 0.25) is 0 Å². The summed E-state index contributed by atoms with van der Waals surface area (Å²) >= 11 is 0. The van der Waals surface area contributed by atoms with E-state index >= 15 is 0 Å². The van der Waals surface area contributed by atoms with Gasteiger partial charge in [0.25, 0.3) is 0 Å². The van der Waals surface area contributed by atoms with Crippen LogP contribution in [0.3, 0.4) is 0 Å². The van der Waals surface area contributed by atoms with E-state index in [1.807, 2.05) is 18.2 Å². The number of hydrogen-bond donors (Lipinski definition) is 0. The van der Waals surface area contributed by atoms with E-state index in [1.54, 1.807) is 0 Å². The van der Waals surface area contributed by atoms with E-state index in [4.69, 9.17) is 4.74 Å². The zero-order chi connectivity index (χ0) is 14.8. The second-order valence-electron chi connectivity index (χ2n) is 6.04. The summed E-state index contributed by atoms with van der Waals surface area (Å²) in [6.45, 7) is 0.703. The minimum Gasteiger partial charge on any atom is -0.468 e. The van der Waals surface area contributed by atoms with Crippen LogP contribution >= 0.6 is 0 Å². The molecule has 1 aliphatic carbocycles. The molecule has 0 spiro atoms. The van der Waals surface area contributed by atoms with Crippen molar-refractivity contribution in [1.82, 2.24) is 4.90 Å².